The zero-order valence-corrected chi connectivity index (χ0v) is 22.3. The molecule has 2 heterocycles. The second-order valence-corrected chi connectivity index (χ2v) is 15.6. The number of fused-ring (bicyclic) bond motifs is 1. The highest BCUT2D eigenvalue weighted by atomic mass is 127. The summed E-state index contributed by atoms with van der Waals surface area (Å²) in [6, 6.07) is 5.86. The summed E-state index contributed by atoms with van der Waals surface area (Å²) in [5, 5.41) is 0. The molecule has 0 spiro atoms. The van der Waals surface area contributed by atoms with Crippen molar-refractivity contribution < 1.29 is 9.47 Å². The Bertz CT molecular complexity index is 1020. The minimum Gasteiger partial charge on any atom is -0.493 e. The van der Waals surface area contributed by atoms with Crippen LogP contribution in [0.25, 0.3) is 22.4 Å². The van der Waals surface area contributed by atoms with E-state index in [-0.39, 0.29) is 0 Å². The normalized spacial score (nSPS) is 12.4. The first-order valence-electron chi connectivity index (χ1n) is 10.4. The third-order valence-corrected chi connectivity index (χ3v) is 13.8. The second-order valence-electron chi connectivity index (χ2n) is 8.70. The Morgan fingerprint density at radius 3 is 2.07 bits per heavy atom. The van der Waals surface area contributed by atoms with Crippen LogP contribution in [0.4, 0.5) is 0 Å². The van der Waals surface area contributed by atoms with Gasteiger partial charge in [0.05, 0.1) is 29.7 Å². The van der Waals surface area contributed by atoms with Crippen molar-refractivity contribution in [2.75, 3.05) is 14.2 Å². The maximum atomic E-state index is 5.46. The van der Waals surface area contributed by atoms with E-state index in [1.165, 1.54) is 0 Å². The molecule has 0 atom stereocenters. The second kappa shape index (κ2) is 8.86. The van der Waals surface area contributed by atoms with Crippen molar-refractivity contribution in [3.05, 3.63) is 34.2 Å². The van der Waals surface area contributed by atoms with Gasteiger partial charge < -0.3 is 13.7 Å². The molecule has 7 heteroatoms. The zero-order valence-electron chi connectivity index (χ0n) is 19.2. The summed E-state index contributed by atoms with van der Waals surface area (Å²) in [4.78, 5) is 9.97. The largest absolute Gasteiger partial charge is 0.493 e. The van der Waals surface area contributed by atoms with Gasteiger partial charge in [-0.3, -0.25) is 0 Å². The standard InChI is InChI=1S/C23H32IN3O2Si/c1-14(2)30(15(3)4,16(5)6)27-13-18(24)22-23(27)25-12-19(26-22)17-9-10-20(28-7)21(11-17)29-8/h9-16H,1-8H3. The first-order valence-corrected chi connectivity index (χ1v) is 13.7. The summed E-state index contributed by atoms with van der Waals surface area (Å²) < 4.78 is 14.5. The Balaban J connectivity index is 2.20. The Morgan fingerprint density at radius 2 is 1.53 bits per heavy atom. The molecule has 3 aromatic rings. The third kappa shape index (κ3) is 3.64. The summed E-state index contributed by atoms with van der Waals surface area (Å²) in [6.45, 7) is 14.2. The molecule has 0 aliphatic heterocycles. The molecular weight excluding hydrogens is 505 g/mol. The van der Waals surface area contributed by atoms with E-state index in [1.807, 2.05) is 24.4 Å². The number of ether oxygens (including phenoxy) is 2. The van der Waals surface area contributed by atoms with Crippen LogP contribution in [0.15, 0.2) is 30.6 Å². The molecule has 3 rings (SSSR count). The minimum atomic E-state index is -1.90. The molecule has 2 aromatic heterocycles. The van der Waals surface area contributed by atoms with Gasteiger partial charge in [0.15, 0.2) is 25.4 Å². The molecule has 0 radical (unpaired) electrons. The van der Waals surface area contributed by atoms with Crippen LogP contribution in [-0.4, -0.2) is 36.7 Å². The smallest absolute Gasteiger partial charge is 0.171 e. The molecule has 30 heavy (non-hydrogen) atoms. The highest BCUT2D eigenvalue weighted by molar-refractivity contribution is 14.1. The highest BCUT2D eigenvalue weighted by Gasteiger charge is 2.46. The molecule has 0 N–H and O–H groups in total. The molecule has 0 fully saturated rings. The van der Waals surface area contributed by atoms with Gasteiger partial charge in [0, 0.05) is 11.8 Å². The SMILES string of the molecule is COc1ccc(-c2cnc3c(n2)c(I)cn3[Si](C(C)C)(C(C)C)C(C)C)cc1OC. The van der Waals surface area contributed by atoms with Crippen LogP contribution >= 0.6 is 22.6 Å². The molecule has 0 saturated carbocycles. The predicted octanol–water partition coefficient (Wildman–Crippen LogP) is 6.74. The Hall–Kier alpha value is -1.61. The van der Waals surface area contributed by atoms with E-state index in [4.69, 9.17) is 19.4 Å². The lowest BCUT2D eigenvalue weighted by Crippen LogP contribution is -2.51. The summed E-state index contributed by atoms with van der Waals surface area (Å²) in [6.07, 6.45) is 4.17. The summed E-state index contributed by atoms with van der Waals surface area (Å²) >= 11 is 2.40. The molecule has 0 bridgehead atoms. The van der Waals surface area contributed by atoms with Crippen LogP contribution in [0, 0.1) is 3.57 Å². The van der Waals surface area contributed by atoms with Crippen LogP contribution in [-0.2, 0) is 0 Å². The van der Waals surface area contributed by atoms with Crippen molar-refractivity contribution in [1.29, 1.82) is 0 Å². The third-order valence-electron chi connectivity index (χ3n) is 6.32. The van der Waals surface area contributed by atoms with E-state index >= 15 is 0 Å². The zero-order chi connectivity index (χ0) is 22.2. The topological polar surface area (TPSA) is 49.2 Å². The highest BCUT2D eigenvalue weighted by Crippen LogP contribution is 2.44. The maximum Gasteiger partial charge on any atom is 0.171 e. The molecule has 0 aliphatic rings. The lowest BCUT2D eigenvalue weighted by Gasteiger charge is -2.44. The first kappa shape index (κ1) is 23.1. The van der Waals surface area contributed by atoms with Crippen LogP contribution in [0.2, 0.25) is 16.6 Å². The number of nitrogens with zero attached hydrogens (tertiary/aromatic N) is 3. The number of hydrogen-bond acceptors (Lipinski definition) is 4. The summed E-state index contributed by atoms with van der Waals surface area (Å²) in [7, 11) is 1.39. The molecule has 5 nitrogen and oxygen atoms in total. The number of aromatic nitrogens is 3. The van der Waals surface area contributed by atoms with Crippen LogP contribution in [0.1, 0.15) is 41.5 Å². The Morgan fingerprint density at radius 1 is 0.933 bits per heavy atom. The van der Waals surface area contributed by atoms with E-state index < -0.39 is 8.24 Å². The van der Waals surface area contributed by atoms with E-state index in [0.29, 0.717) is 28.1 Å². The maximum absolute atomic E-state index is 5.46. The molecule has 162 valence electrons. The lowest BCUT2D eigenvalue weighted by atomic mass is 10.1. The first-order chi connectivity index (χ1) is 14.2. The van der Waals surface area contributed by atoms with Gasteiger partial charge in [0.2, 0.25) is 0 Å². The molecule has 1 aromatic carbocycles. The van der Waals surface area contributed by atoms with E-state index in [2.05, 4.69) is 74.6 Å². The molecule has 0 amide bonds. The minimum absolute atomic E-state index is 0.594. The molecule has 0 saturated heterocycles. The van der Waals surface area contributed by atoms with Gasteiger partial charge in [0.25, 0.3) is 0 Å². The van der Waals surface area contributed by atoms with E-state index in [1.54, 1.807) is 14.2 Å². The van der Waals surface area contributed by atoms with Crippen LogP contribution in [0.5, 0.6) is 11.5 Å². The van der Waals surface area contributed by atoms with Crippen molar-refractivity contribution in [3.63, 3.8) is 0 Å². The van der Waals surface area contributed by atoms with Crippen molar-refractivity contribution in [1.82, 2.24) is 14.2 Å². The van der Waals surface area contributed by atoms with Gasteiger partial charge in [-0.25, -0.2) is 9.97 Å². The average molecular weight is 538 g/mol. The number of halogens is 1. The van der Waals surface area contributed by atoms with Crippen LogP contribution in [0.3, 0.4) is 0 Å². The van der Waals surface area contributed by atoms with Crippen molar-refractivity contribution in [2.45, 2.75) is 58.2 Å². The molecular formula is C23H32IN3O2Si. The van der Waals surface area contributed by atoms with Gasteiger partial charge in [-0.05, 0) is 57.4 Å². The van der Waals surface area contributed by atoms with Gasteiger partial charge in [-0.15, -0.1) is 0 Å². The number of benzene rings is 1. The fourth-order valence-electron chi connectivity index (χ4n) is 5.22. The number of rotatable bonds is 7. The summed E-state index contributed by atoms with van der Waals surface area (Å²) in [5.74, 6) is 1.40. The number of methoxy groups -OCH3 is 2. The lowest BCUT2D eigenvalue weighted by molar-refractivity contribution is 0.355. The fraction of sp³-hybridized carbons (Fsp3) is 0.478. The Kier molecular flexibility index (Phi) is 6.81. The van der Waals surface area contributed by atoms with Crippen molar-refractivity contribution >= 4 is 42.0 Å². The number of hydrogen-bond donors (Lipinski definition) is 0. The quantitative estimate of drug-likeness (QED) is 0.247. The van der Waals surface area contributed by atoms with E-state index in [9.17, 15) is 0 Å². The van der Waals surface area contributed by atoms with Crippen molar-refractivity contribution in [3.8, 4) is 22.8 Å². The molecule has 0 unspecified atom stereocenters. The predicted molar refractivity (Wildman–Crippen MR) is 135 cm³/mol. The van der Waals surface area contributed by atoms with Crippen molar-refractivity contribution in [2.24, 2.45) is 0 Å². The Labute approximate surface area is 194 Å². The van der Waals surface area contributed by atoms with E-state index in [0.717, 1.165) is 26.0 Å². The van der Waals surface area contributed by atoms with Gasteiger partial charge in [-0.2, -0.15) is 0 Å². The van der Waals surface area contributed by atoms with Gasteiger partial charge in [-0.1, -0.05) is 41.5 Å². The fourth-order valence-corrected chi connectivity index (χ4v) is 12.7. The summed E-state index contributed by atoms with van der Waals surface area (Å²) in [5.41, 5.74) is 5.56. The van der Waals surface area contributed by atoms with Crippen LogP contribution < -0.4 is 9.47 Å². The monoisotopic (exact) mass is 537 g/mol. The van der Waals surface area contributed by atoms with Gasteiger partial charge >= 0.3 is 0 Å². The molecule has 0 aliphatic carbocycles. The van der Waals surface area contributed by atoms with Gasteiger partial charge in [0.1, 0.15) is 5.52 Å². The average Bonchev–Trinajstić information content (AvgIpc) is 3.03.